The summed E-state index contributed by atoms with van der Waals surface area (Å²) in [6.07, 6.45) is -5.00. The molecule has 1 aromatic rings. The Hall–Kier alpha value is -2.39. The number of carboxylic acid groups (broad SMARTS) is 1. The Morgan fingerprint density at radius 2 is 1.86 bits per heavy atom. The summed E-state index contributed by atoms with van der Waals surface area (Å²) in [6.45, 7) is -2.41. The van der Waals surface area contributed by atoms with Crippen LogP contribution in [0.4, 0.5) is 27.6 Å². The van der Waals surface area contributed by atoms with Crippen LogP contribution in [0.25, 0.3) is 0 Å². The van der Waals surface area contributed by atoms with Gasteiger partial charge in [0.2, 0.25) is 5.91 Å². The average Bonchev–Trinajstić information content (AvgIpc) is 2.37. The number of nitrogens with one attached hydrogen (secondary N) is 1. The summed E-state index contributed by atoms with van der Waals surface area (Å²) in [5.41, 5.74) is -1.92. The topological polar surface area (TPSA) is 75.6 Å². The van der Waals surface area contributed by atoms with Gasteiger partial charge in [-0.2, -0.15) is 22.0 Å². The number of carbonyl (C=O) groups is 2. The number of alkyl halides is 5. The van der Waals surface area contributed by atoms with Crippen LogP contribution in [0.3, 0.4) is 0 Å². The van der Waals surface area contributed by atoms with E-state index in [4.69, 9.17) is 5.11 Å². The molecule has 10 heteroatoms. The van der Waals surface area contributed by atoms with E-state index in [2.05, 4.69) is 4.74 Å². The highest BCUT2D eigenvalue weighted by molar-refractivity contribution is 6.03. The molecule has 122 valence electrons. The number of carbonyl (C=O) groups excluding carboxylic acids is 1. The van der Waals surface area contributed by atoms with E-state index in [-0.39, 0.29) is 0 Å². The van der Waals surface area contributed by atoms with Crippen molar-refractivity contribution in [3.05, 3.63) is 23.8 Å². The fourth-order valence-electron chi connectivity index (χ4n) is 1.39. The van der Waals surface area contributed by atoms with Gasteiger partial charge in [-0.15, -0.1) is 0 Å². The molecule has 1 aromatic carbocycles. The molecule has 0 bridgehead atoms. The predicted octanol–water partition coefficient (Wildman–Crippen LogP) is 2.97. The van der Waals surface area contributed by atoms with Crippen LogP contribution in [-0.4, -0.2) is 23.6 Å². The first kappa shape index (κ1) is 17.7. The zero-order valence-corrected chi connectivity index (χ0v) is 10.9. The van der Waals surface area contributed by atoms with Gasteiger partial charge < -0.3 is 15.2 Å². The molecule has 0 aromatic heterocycles. The van der Waals surface area contributed by atoms with E-state index in [1.165, 1.54) is 0 Å². The number of benzene rings is 1. The van der Waals surface area contributed by atoms with Gasteiger partial charge in [0.15, 0.2) is 0 Å². The highest BCUT2D eigenvalue weighted by atomic mass is 19.4. The second-order valence-corrected chi connectivity index (χ2v) is 4.14. The molecule has 0 fully saturated rings. The normalized spacial score (nSPS) is 12.9. The van der Waals surface area contributed by atoms with E-state index < -0.39 is 47.6 Å². The van der Waals surface area contributed by atoms with Crippen molar-refractivity contribution >= 4 is 17.6 Å². The molecule has 1 unspecified atom stereocenters. The predicted molar refractivity (Wildman–Crippen MR) is 63.5 cm³/mol. The van der Waals surface area contributed by atoms with Gasteiger partial charge in [-0.05, 0) is 25.1 Å². The Kier molecular flexibility index (Phi) is 5.28. The van der Waals surface area contributed by atoms with E-state index in [9.17, 15) is 31.5 Å². The maximum Gasteiger partial charge on any atom is 0.420 e. The molecular weight excluding hydrogens is 317 g/mol. The highest BCUT2D eigenvalue weighted by Gasteiger charge is 2.35. The summed E-state index contributed by atoms with van der Waals surface area (Å²) >= 11 is 0. The van der Waals surface area contributed by atoms with Crippen LogP contribution in [0.5, 0.6) is 5.75 Å². The van der Waals surface area contributed by atoms with Gasteiger partial charge >= 0.3 is 18.8 Å². The van der Waals surface area contributed by atoms with Crippen LogP contribution in [-0.2, 0) is 15.8 Å². The van der Waals surface area contributed by atoms with Gasteiger partial charge in [-0.25, -0.2) is 0 Å². The maximum atomic E-state index is 12.8. The molecule has 0 saturated carbocycles. The maximum absolute atomic E-state index is 12.8. The summed E-state index contributed by atoms with van der Waals surface area (Å²) < 4.78 is 66.2. The van der Waals surface area contributed by atoms with Gasteiger partial charge in [0.05, 0.1) is 5.56 Å². The first-order chi connectivity index (χ1) is 10.0. The van der Waals surface area contributed by atoms with Crippen molar-refractivity contribution in [2.24, 2.45) is 5.92 Å². The number of amides is 1. The van der Waals surface area contributed by atoms with Crippen LogP contribution in [0.15, 0.2) is 18.2 Å². The molecule has 0 aliphatic rings. The molecule has 0 saturated heterocycles. The number of ether oxygens (including phenoxy) is 1. The smallest absolute Gasteiger partial charge is 0.420 e. The molecule has 0 spiro atoms. The molecule has 0 aliphatic carbocycles. The largest absolute Gasteiger partial charge is 0.481 e. The fraction of sp³-hybridized carbons (Fsp3) is 0.333. The lowest BCUT2D eigenvalue weighted by atomic mass is 10.1. The van der Waals surface area contributed by atoms with E-state index in [0.717, 1.165) is 13.0 Å². The molecular formula is C12H10F5NO4. The van der Waals surface area contributed by atoms with Gasteiger partial charge in [-0.1, -0.05) is 0 Å². The second-order valence-electron chi connectivity index (χ2n) is 4.14. The molecule has 1 atom stereocenters. The van der Waals surface area contributed by atoms with Crippen LogP contribution < -0.4 is 10.1 Å². The zero-order chi connectivity index (χ0) is 17.1. The third kappa shape index (κ3) is 4.57. The first-order valence-electron chi connectivity index (χ1n) is 5.72. The lowest BCUT2D eigenvalue weighted by Crippen LogP contribution is -2.27. The van der Waals surface area contributed by atoms with Crippen LogP contribution >= 0.6 is 0 Å². The number of rotatable bonds is 5. The standard InChI is InChI=1S/C12H10F5NO4/c1-5(10(20)21)9(19)18-6-2-3-8(22-11(13)14)7(4-6)12(15,16)17/h2-5,11H,1H3,(H,18,19)(H,20,21). The van der Waals surface area contributed by atoms with Crippen molar-refractivity contribution in [2.45, 2.75) is 19.7 Å². The van der Waals surface area contributed by atoms with Gasteiger partial charge in [0, 0.05) is 5.69 Å². The Balaban J connectivity index is 3.09. The van der Waals surface area contributed by atoms with Crippen molar-refractivity contribution in [1.82, 2.24) is 0 Å². The SMILES string of the molecule is CC(C(=O)O)C(=O)Nc1ccc(OC(F)F)c(C(F)(F)F)c1. The number of hydrogen-bond acceptors (Lipinski definition) is 3. The van der Waals surface area contributed by atoms with E-state index >= 15 is 0 Å². The van der Waals surface area contributed by atoms with Crippen molar-refractivity contribution in [3.63, 3.8) is 0 Å². The van der Waals surface area contributed by atoms with Crippen molar-refractivity contribution in [2.75, 3.05) is 5.32 Å². The molecule has 0 heterocycles. The van der Waals surface area contributed by atoms with Gasteiger partial charge in [0.25, 0.3) is 0 Å². The van der Waals surface area contributed by atoms with E-state index in [1.807, 2.05) is 5.32 Å². The van der Waals surface area contributed by atoms with Crippen LogP contribution in [0.1, 0.15) is 12.5 Å². The summed E-state index contributed by atoms with van der Waals surface area (Å²) in [5, 5.41) is 10.6. The number of aliphatic carboxylic acids is 1. The molecule has 22 heavy (non-hydrogen) atoms. The van der Waals surface area contributed by atoms with E-state index in [0.29, 0.717) is 12.1 Å². The molecule has 0 aliphatic heterocycles. The summed E-state index contributed by atoms with van der Waals surface area (Å²) in [5.74, 6) is -5.12. The number of anilines is 1. The number of hydrogen-bond donors (Lipinski definition) is 2. The molecule has 1 amide bonds. The minimum Gasteiger partial charge on any atom is -0.481 e. The fourth-order valence-corrected chi connectivity index (χ4v) is 1.39. The third-order valence-electron chi connectivity index (χ3n) is 2.53. The second kappa shape index (κ2) is 6.58. The van der Waals surface area contributed by atoms with Crippen molar-refractivity contribution in [1.29, 1.82) is 0 Å². The highest BCUT2D eigenvalue weighted by Crippen LogP contribution is 2.38. The Morgan fingerprint density at radius 3 is 2.32 bits per heavy atom. The number of halogens is 5. The average molecular weight is 327 g/mol. The van der Waals surface area contributed by atoms with Crippen LogP contribution in [0, 0.1) is 5.92 Å². The Bertz CT molecular complexity index is 573. The summed E-state index contributed by atoms with van der Waals surface area (Å²) in [4.78, 5) is 22.0. The lowest BCUT2D eigenvalue weighted by Gasteiger charge is -2.15. The Labute approximate surface area is 120 Å². The minimum absolute atomic E-state index is 0.379. The van der Waals surface area contributed by atoms with Gasteiger partial charge in [0.1, 0.15) is 11.7 Å². The van der Waals surface area contributed by atoms with E-state index in [1.54, 1.807) is 0 Å². The quantitative estimate of drug-likeness (QED) is 0.644. The third-order valence-corrected chi connectivity index (χ3v) is 2.53. The molecule has 0 radical (unpaired) electrons. The summed E-state index contributed by atoms with van der Waals surface area (Å²) in [7, 11) is 0. The molecule has 1 rings (SSSR count). The lowest BCUT2D eigenvalue weighted by molar-refractivity contribution is -0.145. The van der Waals surface area contributed by atoms with Crippen LogP contribution in [0.2, 0.25) is 0 Å². The van der Waals surface area contributed by atoms with Crippen molar-refractivity contribution in [3.8, 4) is 5.75 Å². The zero-order valence-electron chi connectivity index (χ0n) is 10.9. The molecule has 5 nitrogen and oxygen atoms in total. The summed E-state index contributed by atoms with van der Waals surface area (Å²) in [6, 6.07) is 1.87. The molecule has 2 N–H and O–H groups in total. The Morgan fingerprint density at radius 1 is 1.27 bits per heavy atom. The number of carboxylic acids is 1. The van der Waals surface area contributed by atoms with Crippen molar-refractivity contribution < 1.29 is 41.4 Å². The monoisotopic (exact) mass is 327 g/mol. The minimum atomic E-state index is -5.00. The van der Waals surface area contributed by atoms with Gasteiger partial charge in [-0.3, -0.25) is 9.59 Å². The first-order valence-corrected chi connectivity index (χ1v) is 5.72.